The molecule has 3 atom stereocenters. The zero-order valence-corrected chi connectivity index (χ0v) is 23.6. The molecular formula is C30H48N4O4. The van der Waals surface area contributed by atoms with Crippen molar-refractivity contribution in [3.63, 3.8) is 0 Å². The largest absolute Gasteiger partial charge is 0.486 e. The molecule has 0 radical (unpaired) electrons. The number of nitrogens with one attached hydrogen (secondary N) is 2. The van der Waals surface area contributed by atoms with E-state index in [1.165, 1.54) is 38.5 Å². The van der Waals surface area contributed by atoms with Gasteiger partial charge in [-0.1, -0.05) is 51.5 Å². The third-order valence-corrected chi connectivity index (χ3v) is 8.67. The summed E-state index contributed by atoms with van der Waals surface area (Å²) in [7, 11) is 2.16. The Labute approximate surface area is 228 Å². The fourth-order valence-corrected chi connectivity index (χ4v) is 6.34. The Kier molecular flexibility index (Phi) is 10.3. The number of benzene rings is 1. The van der Waals surface area contributed by atoms with E-state index in [9.17, 15) is 14.7 Å². The van der Waals surface area contributed by atoms with Crippen LogP contribution in [-0.2, 0) is 0 Å². The number of carbonyl (C=O) groups excluding carboxylic acids is 2. The lowest BCUT2D eigenvalue weighted by Gasteiger charge is -2.39. The second-order valence-electron chi connectivity index (χ2n) is 12.0. The molecule has 1 aromatic rings. The minimum absolute atomic E-state index is 0.0408. The van der Waals surface area contributed by atoms with Gasteiger partial charge in [0.15, 0.2) is 5.75 Å². The lowest BCUT2D eigenvalue weighted by molar-refractivity contribution is 0.0333. The average Bonchev–Trinajstić information content (AvgIpc) is 2.91. The molecule has 0 saturated heterocycles. The first-order chi connectivity index (χ1) is 18.4. The molecular weight excluding hydrogens is 480 g/mol. The van der Waals surface area contributed by atoms with Gasteiger partial charge in [-0.05, 0) is 57.7 Å². The molecule has 0 bridgehead atoms. The van der Waals surface area contributed by atoms with Gasteiger partial charge in [-0.25, -0.2) is 4.79 Å². The molecule has 8 nitrogen and oxygen atoms in total. The number of rotatable bonds is 8. The van der Waals surface area contributed by atoms with E-state index in [2.05, 4.69) is 29.5 Å². The minimum atomic E-state index is -0.317. The zero-order valence-electron chi connectivity index (χ0n) is 23.6. The van der Waals surface area contributed by atoms with Crippen molar-refractivity contribution in [3.8, 4) is 5.75 Å². The number of carbonyl (C=O) groups is 2. The molecule has 3 aliphatic rings. The summed E-state index contributed by atoms with van der Waals surface area (Å²) in [4.78, 5) is 30.8. The van der Waals surface area contributed by atoms with Gasteiger partial charge in [-0.15, -0.1) is 0 Å². The monoisotopic (exact) mass is 528 g/mol. The molecule has 1 aliphatic heterocycles. The molecule has 1 heterocycles. The van der Waals surface area contributed by atoms with Crippen LogP contribution in [0.4, 0.5) is 10.5 Å². The number of aliphatic hydroxyl groups is 1. The predicted octanol–water partition coefficient (Wildman–Crippen LogP) is 4.87. The Bertz CT molecular complexity index is 929. The Morgan fingerprint density at radius 2 is 1.79 bits per heavy atom. The molecule has 1 aromatic carbocycles. The van der Waals surface area contributed by atoms with Crippen molar-refractivity contribution in [2.45, 2.75) is 96.2 Å². The van der Waals surface area contributed by atoms with Crippen molar-refractivity contribution >= 4 is 17.6 Å². The molecule has 38 heavy (non-hydrogen) atoms. The van der Waals surface area contributed by atoms with Crippen LogP contribution < -0.4 is 15.4 Å². The molecule has 2 saturated carbocycles. The van der Waals surface area contributed by atoms with Crippen LogP contribution in [0, 0.1) is 11.8 Å². The van der Waals surface area contributed by atoms with E-state index in [1.54, 1.807) is 23.1 Å². The number of amides is 3. The van der Waals surface area contributed by atoms with E-state index in [-0.39, 0.29) is 42.7 Å². The number of aliphatic hydroxyl groups excluding tert-OH is 1. The topological polar surface area (TPSA) is 94.1 Å². The lowest BCUT2D eigenvalue weighted by Crippen LogP contribution is -2.50. The van der Waals surface area contributed by atoms with Crippen LogP contribution in [0.3, 0.4) is 0 Å². The Hall–Kier alpha value is -2.32. The highest BCUT2D eigenvalue weighted by atomic mass is 16.5. The number of para-hydroxylation sites is 1. The number of ether oxygens (including phenoxy) is 1. The van der Waals surface area contributed by atoms with Gasteiger partial charge in [0.05, 0.1) is 23.9 Å². The van der Waals surface area contributed by atoms with Gasteiger partial charge in [-0.3, -0.25) is 4.79 Å². The number of hydrogen-bond acceptors (Lipinski definition) is 5. The number of anilines is 1. The van der Waals surface area contributed by atoms with Gasteiger partial charge >= 0.3 is 6.03 Å². The van der Waals surface area contributed by atoms with E-state index in [0.29, 0.717) is 23.5 Å². The van der Waals surface area contributed by atoms with E-state index < -0.39 is 0 Å². The number of nitrogens with zero attached hydrogens (tertiary/aromatic N) is 2. The first-order valence-electron chi connectivity index (χ1n) is 14.8. The van der Waals surface area contributed by atoms with Crippen LogP contribution in [0.15, 0.2) is 18.2 Å². The molecule has 4 rings (SSSR count). The van der Waals surface area contributed by atoms with Crippen LogP contribution in [0.5, 0.6) is 5.75 Å². The summed E-state index contributed by atoms with van der Waals surface area (Å²) in [6, 6.07) is 4.96. The third-order valence-electron chi connectivity index (χ3n) is 8.67. The van der Waals surface area contributed by atoms with Crippen LogP contribution in [0.25, 0.3) is 0 Å². The molecule has 212 valence electrons. The summed E-state index contributed by atoms with van der Waals surface area (Å²) in [6.45, 7) is 6.15. The molecule has 2 aliphatic carbocycles. The van der Waals surface area contributed by atoms with Crippen molar-refractivity contribution in [2.75, 3.05) is 38.6 Å². The molecule has 2 fully saturated rings. The van der Waals surface area contributed by atoms with Crippen molar-refractivity contribution in [1.82, 2.24) is 15.1 Å². The van der Waals surface area contributed by atoms with Crippen LogP contribution in [0.2, 0.25) is 0 Å². The second-order valence-corrected chi connectivity index (χ2v) is 12.0. The van der Waals surface area contributed by atoms with Crippen molar-refractivity contribution in [1.29, 1.82) is 0 Å². The lowest BCUT2D eigenvalue weighted by atomic mass is 9.89. The first-order valence-corrected chi connectivity index (χ1v) is 14.8. The van der Waals surface area contributed by atoms with Gasteiger partial charge in [0.2, 0.25) is 0 Å². The quantitative estimate of drug-likeness (QED) is 0.447. The van der Waals surface area contributed by atoms with Gasteiger partial charge in [0.1, 0.15) is 6.10 Å². The molecule has 0 aromatic heterocycles. The van der Waals surface area contributed by atoms with Gasteiger partial charge in [0.25, 0.3) is 5.91 Å². The van der Waals surface area contributed by atoms with Crippen LogP contribution >= 0.6 is 0 Å². The summed E-state index contributed by atoms with van der Waals surface area (Å²) < 4.78 is 6.67. The summed E-state index contributed by atoms with van der Waals surface area (Å²) >= 11 is 0. The van der Waals surface area contributed by atoms with E-state index >= 15 is 0 Å². The van der Waals surface area contributed by atoms with Gasteiger partial charge in [0, 0.05) is 31.6 Å². The number of hydrogen-bond donors (Lipinski definition) is 3. The predicted molar refractivity (Wildman–Crippen MR) is 151 cm³/mol. The highest BCUT2D eigenvalue weighted by Gasteiger charge is 2.35. The highest BCUT2D eigenvalue weighted by Crippen LogP contribution is 2.35. The number of urea groups is 1. The Morgan fingerprint density at radius 3 is 2.47 bits per heavy atom. The van der Waals surface area contributed by atoms with Gasteiger partial charge in [-0.2, -0.15) is 0 Å². The normalized spacial score (nSPS) is 24.2. The summed E-state index contributed by atoms with van der Waals surface area (Å²) in [5.41, 5.74) is 0.933. The van der Waals surface area contributed by atoms with E-state index in [4.69, 9.17) is 4.74 Å². The highest BCUT2D eigenvalue weighted by molar-refractivity contribution is 6.01. The standard InChI is InChI=1S/C30H48N4O4/c1-21-17-34(22(2)20-35)29(36)25-15-10-16-26(32-30(37)31-24-13-8-5-9-14-24)28(25)38-27(21)19-33(3)18-23-11-6-4-7-12-23/h10,15-16,21-24,27,35H,4-9,11-14,17-20H2,1-3H3,(H2,31,32,37)/t21-,22-,27+/m0/s1. The Morgan fingerprint density at radius 1 is 1.11 bits per heavy atom. The number of likely N-dealkylation sites (N-methyl/N-ethyl adjacent to an activating group) is 1. The van der Waals surface area contributed by atoms with E-state index in [1.807, 2.05) is 6.92 Å². The maximum Gasteiger partial charge on any atom is 0.319 e. The first kappa shape index (κ1) is 28.7. The fourth-order valence-electron chi connectivity index (χ4n) is 6.34. The third kappa shape index (κ3) is 7.41. The van der Waals surface area contributed by atoms with Crippen molar-refractivity contribution in [3.05, 3.63) is 23.8 Å². The number of fused-ring (bicyclic) bond motifs is 1. The van der Waals surface area contributed by atoms with Gasteiger partial charge < -0.3 is 30.3 Å². The van der Waals surface area contributed by atoms with Crippen molar-refractivity contribution in [2.24, 2.45) is 11.8 Å². The summed E-state index contributed by atoms with van der Waals surface area (Å²) in [6.07, 6.45) is 11.9. The zero-order chi connectivity index (χ0) is 27.1. The maximum atomic E-state index is 13.7. The average molecular weight is 529 g/mol. The maximum absolute atomic E-state index is 13.7. The van der Waals surface area contributed by atoms with Crippen LogP contribution in [-0.4, -0.2) is 78.3 Å². The SMILES string of the molecule is C[C@H]1CN([C@@H](C)CO)C(=O)c2cccc(NC(=O)NC3CCCCC3)c2O[C@@H]1CN(C)CC1CCCCC1. The Balaban J connectivity index is 1.57. The molecule has 0 spiro atoms. The molecule has 0 unspecified atom stereocenters. The van der Waals surface area contributed by atoms with Crippen molar-refractivity contribution < 1.29 is 19.4 Å². The summed E-state index contributed by atoms with van der Waals surface area (Å²) in [5, 5.41) is 16.0. The van der Waals surface area contributed by atoms with E-state index in [0.717, 1.165) is 44.7 Å². The molecule has 3 amide bonds. The second kappa shape index (κ2) is 13.7. The fraction of sp³-hybridized carbons (Fsp3) is 0.733. The minimum Gasteiger partial charge on any atom is -0.486 e. The van der Waals surface area contributed by atoms with Crippen LogP contribution in [0.1, 0.15) is 88.4 Å². The molecule has 3 N–H and O–H groups in total. The summed E-state index contributed by atoms with van der Waals surface area (Å²) in [5.74, 6) is 1.00. The smallest absolute Gasteiger partial charge is 0.319 e. The molecule has 8 heteroatoms.